The fourth-order valence-corrected chi connectivity index (χ4v) is 3.09. The van der Waals surface area contributed by atoms with Crippen molar-refractivity contribution >= 4 is 22.6 Å². The second-order valence-electron chi connectivity index (χ2n) is 6.97. The average molecular weight is 368 g/mol. The van der Waals surface area contributed by atoms with Crippen LogP contribution in [0.2, 0.25) is 0 Å². The normalized spacial score (nSPS) is 12.2. The zero-order valence-electron chi connectivity index (χ0n) is 16.2. The standard InChI is InChI=1S/C21H25N3O3/c1-14-9-20-21(10-15(14)2)24(13-23(20)4)11-18(26)12-27-19-7-5-17(6-8-19)22-16(3)25/h5-10,13,18,26H,11-12H2,1-4H3/p+1. The van der Waals surface area contributed by atoms with Gasteiger partial charge < -0.3 is 15.2 Å². The fraction of sp³-hybridized carbons (Fsp3) is 0.333. The molecule has 3 rings (SSSR count). The molecular formula is C21H26N3O3+. The molecule has 1 atom stereocenters. The second-order valence-corrected chi connectivity index (χ2v) is 6.97. The number of benzene rings is 2. The van der Waals surface area contributed by atoms with Crippen molar-refractivity contribution in [2.45, 2.75) is 33.4 Å². The molecule has 0 spiro atoms. The van der Waals surface area contributed by atoms with Crippen LogP contribution in [0.15, 0.2) is 42.7 Å². The summed E-state index contributed by atoms with van der Waals surface area (Å²) in [5.74, 6) is 0.536. The van der Waals surface area contributed by atoms with Gasteiger partial charge in [-0.25, -0.2) is 9.13 Å². The summed E-state index contributed by atoms with van der Waals surface area (Å²) in [5.41, 5.74) is 5.43. The monoisotopic (exact) mass is 368 g/mol. The van der Waals surface area contributed by atoms with Crippen LogP contribution >= 0.6 is 0 Å². The highest BCUT2D eigenvalue weighted by Gasteiger charge is 2.18. The third-order valence-electron chi connectivity index (χ3n) is 4.62. The molecule has 1 unspecified atom stereocenters. The number of ether oxygens (including phenoxy) is 1. The number of aliphatic hydroxyl groups excluding tert-OH is 1. The minimum atomic E-state index is -0.641. The Balaban J connectivity index is 1.64. The Morgan fingerprint density at radius 2 is 1.89 bits per heavy atom. The predicted octanol–water partition coefficient (Wildman–Crippen LogP) is 2.48. The molecule has 3 aromatic rings. The minimum absolute atomic E-state index is 0.114. The predicted molar refractivity (Wildman–Crippen MR) is 105 cm³/mol. The number of amides is 1. The molecule has 6 heteroatoms. The first-order chi connectivity index (χ1) is 12.8. The Hall–Kier alpha value is -2.86. The molecule has 0 aliphatic carbocycles. The topological polar surface area (TPSA) is 67.4 Å². The molecule has 0 aliphatic heterocycles. The van der Waals surface area contributed by atoms with E-state index in [0.29, 0.717) is 18.0 Å². The molecule has 2 N–H and O–H groups in total. The minimum Gasteiger partial charge on any atom is -0.491 e. The smallest absolute Gasteiger partial charge is 0.244 e. The molecular weight excluding hydrogens is 342 g/mol. The largest absolute Gasteiger partial charge is 0.491 e. The lowest BCUT2D eigenvalue weighted by molar-refractivity contribution is -0.645. The highest BCUT2D eigenvalue weighted by Crippen LogP contribution is 2.18. The van der Waals surface area contributed by atoms with Crippen LogP contribution in [0.25, 0.3) is 11.0 Å². The Morgan fingerprint density at radius 3 is 2.56 bits per heavy atom. The lowest BCUT2D eigenvalue weighted by Crippen LogP contribution is -2.27. The van der Waals surface area contributed by atoms with Crippen molar-refractivity contribution in [1.29, 1.82) is 0 Å². The number of aliphatic hydroxyl groups is 1. The van der Waals surface area contributed by atoms with Crippen molar-refractivity contribution in [1.82, 2.24) is 4.57 Å². The van der Waals surface area contributed by atoms with Crippen LogP contribution in [-0.2, 0) is 18.4 Å². The van der Waals surface area contributed by atoms with Gasteiger partial charge in [-0.2, -0.15) is 0 Å². The van der Waals surface area contributed by atoms with E-state index in [0.717, 1.165) is 11.0 Å². The molecule has 2 aromatic carbocycles. The van der Waals surface area contributed by atoms with Gasteiger partial charge in [-0.15, -0.1) is 0 Å². The zero-order valence-corrected chi connectivity index (χ0v) is 16.2. The maximum atomic E-state index is 11.0. The number of hydrogen-bond acceptors (Lipinski definition) is 3. The summed E-state index contributed by atoms with van der Waals surface area (Å²) in [5, 5.41) is 13.1. The van der Waals surface area contributed by atoms with E-state index in [9.17, 15) is 9.90 Å². The Labute approximate surface area is 159 Å². The Morgan fingerprint density at radius 1 is 1.22 bits per heavy atom. The van der Waals surface area contributed by atoms with Gasteiger partial charge in [-0.3, -0.25) is 4.79 Å². The van der Waals surface area contributed by atoms with E-state index in [2.05, 4.69) is 40.4 Å². The van der Waals surface area contributed by atoms with Crippen molar-refractivity contribution in [3.05, 3.63) is 53.9 Å². The van der Waals surface area contributed by atoms with Crippen LogP contribution in [0, 0.1) is 13.8 Å². The molecule has 0 aliphatic rings. The first kappa shape index (κ1) is 18.9. The maximum Gasteiger partial charge on any atom is 0.244 e. The number of nitrogens with zero attached hydrogens (tertiary/aromatic N) is 2. The van der Waals surface area contributed by atoms with E-state index in [1.165, 1.54) is 18.1 Å². The van der Waals surface area contributed by atoms with Crippen LogP contribution in [0.5, 0.6) is 5.75 Å². The van der Waals surface area contributed by atoms with E-state index in [1.807, 2.05) is 13.4 Å². The summed E-state index contributed by atoms with van der Waals surface area (Å²) in [6, 6.07) is 11.4. The molecule has 1 amide bonds. The number of aryl methyl sites for hydroxylation is 3. The first-order valence-corrected chi connectivity index (χ1v) is 8.97. The molecule has 142 valence electrons. The second kappa shape index (κ2) is 7.80. The van der Waals surface area contributed by atoms with Gasteiger partial charge in [0.2, 0.25) is 12.2 Å². The molecule has 1 heterocycles. The molecule has 0 saturated carbocycles. The summed E-state index contributed by atoms with van der Waals surface area (Å²) < 4.78 is 9.80. The van der Waals surface area contributed by atoms with Gasteiger partial charge in [-0.1, -0.05) is 0 Å². The molecule has 0 radical (unpaired) electrons. The number of carbonyl (C=O) groups excluding carboxylic acids is 1. The highest BCUT2D eigenvalue weighted by atomic mass is 16.5. The number of carbonyl (C=O) groups is 1. The number of imidazole rings is 1. The van der Waals surface area contributed by atoms with Gasteiger partial charge in [0, 0.05) is 12.6 Å². The summed E-state index contributed by atoms with van der Waals surface area (Å²) in [7, 11) is 2.01. The van der Waals surface area contributed by atoms with Gasteiger partial charge in [0.05, 0.1) is 7.05 Å². The number of rotatable bonds is 6. The lowest BCUT2D eigenvalue weighted by Gasteiger charge is -2.11. The van der Waals surface area contributed by atoms with Crippen molar-refractivity contribution < 1.29 is 19.2 Å². The molecule has 6 nitrogen and oxygen atoms in total. The van der Waals surface area contributed by atoms with Crippen molar-refractivity contribution in [2.75, 3.05) is 11.9 Å². The molecule has 27 heavy (non-hydrogen) atoms. The van der Waals surface area contributed by atoms with Gasteiger partial charge in [0.15, 0.2) is 11.0 Å². The van der Waals surface area contributed by atoms with Gasteiger partial charge in [0.25, 0.3) is 0 Å². The van der Waals surface area contributed by atoms with Crippen LogP contribution in [-0.4, -0.2) is 28.3 Å². The van der Waals surface area contributed by atoms with Crippen LogP contribution in [0.3, 0.4) is 0 Å². The van der Waals surface area contributed by atoms with Gasteiger partial charge in [0.1, 0.15) is 25.0 Å². The van der Waals surface area contributed by atoms with E-state index in [4.69, 9.17) is 4.74 Å². The van der Waals surface area contributed by atoms with Gasteiger partial charge in [-0.05, 0) is 61.4 Å². The molecule has 0 saturated heterocycles. The number of fused-ring (bicyclic) bond motifs is 1. The summed E-state index contributed by atoms with van der Waals surface area (Å²) >= 11 is 0. The number of anilines is 1. The van der Waals surface area contributed by atoms with E-state index >= 15 is 0 Å². The summed E-state index contributed by atoms with van der Waals surface area (Å²) in [4.78, 5) is 11.0. The van der Waals surface area contributed by atoms with Gasteiger partial charge >= 0.3 is 0 Å². The van der Waals surface area contributed by atoms with Crippen LogP contribution in [0.1, 0.15) is 18.1 Å². The number of aromatic nitrogens is 2. The Bertz CT molecular complexity index is 961. The van der Waals surface area contributed by atoms with Crippen molar-refractivity contribution in [3.63, 3.8) is 0 Å². The van der Waals surface area contributed by atoms with Crippen molar-refractivity contribution in [3.8, 4) is 5.75 Å². The molecule has 0 fully saturated rings. The average Bonchev–Trinajstić information content (AvgIpc) is 2.89. The highest BCUT2D eigenvalue weighted by molar-refractivity contribution is 5.88. The van der Waals surface area contributed by atoms with E-state index in [1.54, 1.807) is 24.3 Å². The lowest BCUT2D eigenvalue weighted by atomic mass is 10.1. The maximum absolute atomic E-state index is 11.0. The SMILES string of the molecule is CC(=O)Nc1ccc(OCC(O)Cn2c[n+](C)c3cc(C)c(C)cc32)cc1. The number of hydrogen-bond donors (Lipinski definition) is 2. The number of nitrogens with one attached hydrogen (secondary N) is 1. The fourth-order valence-electron chi connectivity index (χ4n) is 3.09. The third-order valence-corrected chi connectivity index (χ3v) is 4.62. The van der Waals surface area contributed by atoms with E-state index in [-0.39, 0.29) is 12.5 Å². The zero-order chi connectivity index (χ0) is 19.6. The molecule has 0 bridgehead atoms. The van der Waals surface area contributed by atoms with Crippen LogP contribution < -0.4 is 14.6 Å². The van der Waals surface area contributed by atoms with E-state index < -0.39 is 6.10 Å². The summed E-state index contributed by atoms with van der Waals surface area (Å²) in [6.07, 6.45) is 1.35. The summed E-state index contributed by atoms with van der Waals surface area (Å²) in [6.45, 7) is 6.30. The Kier molecular flexibility index (Phi) is 5.46. The molecule has 1 aromatic heterocycles. The third kappa shape index (κ3) is 4.46. The first-order valence-electron chi connectivity index (χ1n) is 8.97. The van der Waals surface area contributed by atoms with Crippen LogP contribution in [0.4, 0.5) is 5.69 Å². The van der Waals surface area contributed by atoms with Crippen molar-refractivity contribution in [2.24, 2.45) is 7.05 Å². The quantitative estimate of drug-likeness (QED) is 0.657.